The topological polar surface area (TPSA) is 53.5 Å². The number of hydrogen-bond donors (Lipinski definition) is 1. The molecular weight excluding hydrogens is 529 g/mol. The van der Waals surface area contributed by atoms with Crippen LogP contribution in [-0.2, 0) is 6.18 Å². The number of hydrogen-bond acceptors (Lipinski definition) is 6. The number of likely N-dealkylation sites (tertiary alicyclic amines) is 1. The number of rotatable bonds is 5. The quantitative estimate of drug-likeness (QED) is 0.336. The molecular formula is C29H30F5N5O. The molecule has 40 heavy (non-hydrogen) atoms. The van der Waals surface area contributed by atoms with Crippen LogP contribution in [0.5, 0.6) is 5.75 Å². The van der Waals surface area contributed by atoms with Crippen LogP contribution in [0, 0.1) is 11.6 Å². The van der Waals surface area contributed by atoms with Gasteiger partial charge in [0.05, 0.1) is 11.4 Å². The van der Waals surface area contributed by atoms with Crippen molar-refractivity contribution < 1.29 is 26.7 Å². The van der Waals surface area contributed by atoms with E-state index < -0.39 is 29.1 Å². The predicted octanol–water partition coefficient (Wildman–Crippen LogP) is 7.11. The third kappa shape index (κ3) is 5.47. The lowest BCUT2D eigenvalue weighted by atomic mass is 9.89. The minimum atomic E-state index is -4.81. The molecule has 3 heterocycles. The fourth-order valence-corrected chi connectivity index (χ4v) is 5.33. The number of piperidine rings is 1. The van der Waals surface area contributed by atoms with Gasteiger partial charge in [-0.05, 0) is 82.6 Å². The van der Waals surface area contributed by atoms with Crippen molar-refractivity contribution in [3.63, 3.8) is 0 Å². The maximum atomic E-state index is 15.1. The molecule has 0 bridgehead atoms. The van der Waals surface area contributed by atoms with Gasteiger partial charge in [-0.15, -0.1) is 0 Å². The van der Waals surface area contributed by atoms with Crippen molar-refractivity contribution >= 4 is 17.3 Å². The molecule has 0 spiro atoms. The number of fused-ring (bicyclic) bond motifs is 1. The van der Waals surface area contributed by atoms with Gasteiger partial charge in [-0.2, -0.15) is 13.2 Å². The first-order chi connectivity index (χ1) is 18.9. The van der Waals surface area contributed by atoms with Crippen molar-refractivity contribution in [3.8, 4) is 17.0 Å². The van der Waals surface area contributed by atoms with E-state index in [9.17, 15) is 13.2 Å². The fraction of sp³-hybridized carbons (Fsp3) is 0.379. The zero-order chi connectivity index (χ0) is 28.8. The van der Waals surface area contributed by atoms with E-state index in [0.717, 1.165) is 32.0 Å². The molecule has 2 aromatic carbocycles. The minimum Gasteiger partial charge on any atom is -0.482 e. The molecule has 11 heteroatoms. The highest BCUT2D eigenvalue weighted by molar-refractivity contribution is 5.76. The average molecular weight is 560 g/mol. The third-order valence-corrected chi connectivity index (χ3v) is 7.31. The van der Waals surface area contributed by atoms with Crippen LogP contribution in [0.1, 0.15) is 43.7 Å². The van der Waals surface area contributed by atoms with Gasteiger partial charge in [-0.3, -0.25) is 0 Å². The van der Waals surface area contributed by atoms with Crippen molar-refractivity contribution in [1.29, 1.82) is 0 Å². The Morgan fingerprint density at radius 1 is 1.07 bits per heavy atom. The molecule has 0 unspecified atom stereocenters. The molecule has 0 aliphatic carbocycles. The van der Waals surface area contributed by atoms with Gasteiger partial charge in [0.25, 0.3) is 0 Å². The van der Waals surface area contributed by atoms with Crippen molar-refractivity contribution in [3.05, 3.63) is 71.6 Å². The van der Waals surface area contributed by atoms with E-state index in [2.05, 4.69) is 26.8 Å². The summed E-state index contributed by atoms with van der Waals surface area (Å²) in [6, 6.07) is 6.84. The summed E-state index contributed by atoms with van der Waals surface area (Å²) in [5, 5.41) is 2.80. The van der Waals surface area contributed by atoms with Gasteiger partial charge in [0, 0.05) is 29.2 Å². The number of nitrogens with zero attached hydrogens (tertiary/aromatic N) is 4. The van der Waals surface area contributed by atoms with Crippen molar-refractivity contribution in [2.24, 2.45) is 0 Å². The van der Waals surface area contributed by atoms with E-state index >= 15 is 8.78 Å². The Hall–Kier alpha value is -3.73. The smallest absolute Gasteiger partial charge is 0.419 e. The fourth-order valence-electron chi connectivity index (χ4n) is 5.33. The number of anilines is 3. The van der Waals surface area contributed by atoms with E-state index in [4.69, 9.17) is 4.74 Å². The Morgan fingerprint density at radius 3 is 2.45 bits per heavy atom. The Bertz CT molecular complexity index is 1430. The van der Waals surface area contributed by atoms with Gasteiger partial charge in [0.15, 0.2) is 11.6 Å². The largest absolute Gasteiger partial charge is 0.482 e. The molecule has 2 aliphatic heterocycles. The molecule has 0 saturated carbocycles. The van der Waals surface area contributed by atoms with Crippen molar-refractivity contribution in [2.75, 3.05) is 37.0 Å². The first-order valence-electron chi connectivity index (χ1n) is 13.1. The SMILES string of the molecule is C=C1COc2c(F)cc(-c3nc(Nc4ccc(C5CCN(C)CC5)c(F)c4)ncc3C(F)(F)F)cc2N1C(C)C. The minimum absolute atomic E-state index is 0.0595. The third-order valence-electron chi connectivity index (χ3n) is 7.31. The van der Waals surface area contributed by atoms with Gasteiger partial charge in [0.1, 0.15) is 18.0 Å². The van der Waals surface area contributed by atoms with Crippen LogP contribution in [0.3, 0.4) is 0 Å². The molecule has 2 aliphatic rings. The number of aromatic nitrogens is 2. The summed E-state index contributed by atoms with van der Waals surface area (Å²) in [6.45, 7) is 9.47. The summed E-state index contributed by atoms with van der Waals surface area (Å²) in [6.07, 6.45) is -2.48. The second-order valence-corrected chi connectivity index (χ2v) is 10.5. The van der Waals surface area contributed by atoms with E-state index in [1.807, 2.05) is 20.9 Å². The molecule has 3 aromatic rings. The highest BCUT2D eigenvalue weighted by Gasteiger charge is 2.37. The summed E-state index contributed by atoms with van der Waals surface area (Å²) in [4.78, 5) is 11.9. The van der Waals surface area contributed by atoms with Gasteiger partial charge >= 0.3 is 6.18 Å². The van der Waals surface area contributed by atoms with Gasteiger partial charge in [-0.1, -0.05) is 12.6 Å². The lowest BCUT2D eigenvalue weighted by Gasteiger charge is -2.36. The molecule has 5 rings (SSSR count). The van der Waals surface area contributed by atoms with Crippen LogP contribution in [-0.4, -0.2) is 47.7 Å². The van der Waals surface area contributed by atoms with Crippen molar-refractivity contribution in [2.45, 2.75) is 44.8 Å². The first-order valence-corrected chi connectivity index (χ1v) is 13.1. The van der Waals surface area contributed by atoms with Crippen LogP contribution in [0.2, 0.25) is 0 Å². The average Bonchev–Trinajstić information content (AvgIpc) is 2.88. The lowest BCUT2D eigenvalue weighted by molar-refractivity contribution is -0.137. The number of ether oxygens (including phenoxy) is 1. The molecule has 1 fully saturated rings. The first kappa shape index (κ1) is 27.8. The molecule has 0 atom stereocenters. The van der Waals surface area contributed by atoms with Crippen LogP contribution < -0.4 is 15.0 Å². The number of benzene rings is 2. The standard InChI is InChI=1S/C29H30F5N5O/c1-16(2)39-17(3)15-40-27-24(31)11-19(12-25(27)39)26-22(29(32,33)34)14-35-28(37-26)36-20-5-6-21(23(30)13-20)18-7-9-38(4)10-8-18/h5-6,11-14,16,18H,3,7-10,15H2,1-2,4H3,(H,35,36,37). The highest BCUT2D eigenvalue weighted by atomic mass is 19.4. The van der Waals surface area contributed by atoms with Gasteiger partial charge in [0.2, 0.25) is 5.95 Å². The van der Waals surface area contributed by atoms with E-state index in [1.54, 1.807) is 17.0 Å². The summed E-state index contributed by atoms with van der Waals surface area (Å²) in [5.41, 5.74) is -0.0625. The van der Waals surface area contributed by atoms with E-state index in [0.29, 0.717) is 17.5 Å². The number of alkyl halides is 3. The zero-order valence-corrected chi connectivity index (χ0v) is 22.4. The van der Waals surface area contributed by atoms with E-state index in [-0.39, 0.29) is 47.2 Å². The Labute approximate surface area is 229 Å². The molecule has 212 valence electrons. The molecule has 6 nitrogen and oxygen atoms in total. The summed E-state index contributed by atoms with van der Waals surface area (Å²) < 4.78 is 77.7. The Balaban J connectivity index is 1.51. The lowest BCUT2D eigenvalue weighted by Crippen LogP contribution is -2.35. The van der Waals surface area contributed by atoms with Crippen molar-refractivity contribution in [1.82, 2.24) is 14.9 Å². The van der Waals surface area contributed by atoms with Crippen LogP contribution in [0.15, 0.2) is 48.8 Å². The number of halogens is 5. The van der Waals surface area contributed by atoms with Gasteiger partial charge < -0.3 is 19.9 Å². The summed E-state index contributed by atoms with van der Waals surface area (Å²) >= 11 is 0. The Kier molecular flexibility index (Phi) is 7.43. The maximum absolute atomic E-state index is 15.1. The predicted molar refractivity (Wildman–Crippen MR) is 144 cm³/mol. The molecule has 1 aromatic heterocycles. The molecule has 0 amide bonds. The molecule has 1 N–H and O–H groups in total. The second kappa shape index (κ2) is 10.7. The van der Waals surface area contributed by atoms with Gasteiger partial charge in [-0.25, -0.2) is 18.7 Å². The highest BCUT2D eigenvalue weighted by Crippen LogP contribution is 2.44. The molecule has 1 saturated heterocycles. The van der Waals surface area contributed by atoms with Crippen LogP contribution in [0.25, 0.3) is 11.3 Å². The molecule has 0 radical (unpaired) electrons. The zero-order valence-electron chi connectivity index (χ0n) is 22.4. The van der Waals surface area contributed by atoms with E-state index in [1.165, 1.54) is 12.1 Å². The maximum Gasteiger partial charge on any atom is 0.419 e. The normalized spacial score (nSPS) is 16.7. The Morgan fingerprint density at radius 2 is 1.80 bits per heavy atom. The second-order valence-electron chi connectivity index (χ2n) is 10.5. The summed E-state index contributed by atoms with van der Waals surface area (Å²) in [5.74, 6) is -1.38. The monoisotopic (exact) mass is 559 g/mol. The summed E-state index contributed by atoms with van der Waals surface area (Å²) in [7, 11) is 2.03. The van der Waals surface area contributed by atoms with Crippen LogP contribution in [0.4, 0.5) is 39.3 Å². The number of nitrogens with one attached hydrogen (secondary N) is 1. The van der Waals surface area contributed by atoms with Crippen LogP contribution >= 0.6 is 0 Å².